The topological polar surface area (TPSA) is 51.2 Å². The van der Waals surface area contributed by atoms with Crippen molar-refractivity contribution in [3.8, 4) is 0 Å². The lowest BCUT2D eigenvalue weighted by molar-refractivity contribution is -0.125. The summed E-state index contributed by atoms with van der Waals surface area (Å²) in [6.07, 6.45) is 2.11. The summed E-state index contributed by atoms with van der Waals surface area (Å²) >= 11 is 0. The van der Waals surface area contributed by atoms with Gasteiger partial charge in [-0.3, -0.25) is 9.59 Å². The van der Waals surface area contributed by atoms with Gasteiger partial charge in [-0.25, -0.2) is 0 Å². The molecule has 0 aromatic carbocycles. The number of rotatable bonds is 6. The van der Waals surface area contributed by atoms with Gasteiger partial charge in [0.25, 0.3) is 0 Å². The molecule has 0 saturated carbocycles. The fraction of sp³-hybridized carbons (Fsp3) is 0.625. The molecule has 0 amide bonds. The van der Waals surface area contributed by atoms with Crippen molar-refractivity contribution in [2.75, 3.05) is 0 Å². The zero-order chi connectivity index (χ0) is 8.69. The Balaban J connectivity index is 3.37. The van der Waals surface area contributed by atoms with E-state index in [1.165, 1.54) is 6.92 Å². The first-order chi connectivity index (χ1) is 5.16. The molecule has 0 aliphatic heterocycles. The van der Waals surface area contributed by atoms with Crippen molar-refractivity contribution >= 4 is 17.9 Å². The molecule has 0 heterocycles. The standard InChI is InChI=1S/C8H12O3/c1-7(10)6-8(11)4-2-3-5-9/h5H,2-4,6H2,1H3. The summed E-state index contributed by atoms with van der Waals surface area (Å²) in [5.74, 6) is -0.180. The van der Waals surface area contributed by atoms with Gasteiger partial charge in [0.2, 0.25) is 0 Å². The monoisotopic (exact) mass is 156 g/mol. The van der Waals surface area contributed by atoms with Crippen LogP contribution < -0.4 is 0 Å². The average molecular weight is 156 g/mol. The lowest BCUT2D eigenvalue weighted by Gasteiger charge is -1.93. The summed E-state index contributed by atoms with van der Waals surface area (Å²) in [7, 11) is 0. The summed E-state index contributed by atoms with van der Waals surface area (Å²) in [5, 5.41) is 0. The van der Waals surface area contributed by atoms with Gasteiger partial charge in [-0.15, -0.1) is 0 Å². The summed E-state index contributed by atoms with van der Waals surface area (Å²) in [5.41, 5.74) is 0. The van der Waals surface area contributed by atoms with Crippen molar-refractivity contribution in [1.29, 1.82) is 0 Å². The van der Waals surface area contributed by atoms with E-state index in [0.29, 0.717) is 19.3 Å². The molecule has 0 saturated heterocycles. The Morgan fingerprint density at radius 1 is 1.36 bits per heavy atom. The molecule has 0 atom stereocenters. The molecule has 3 nitrogen and oxygen atoms in total. The number of carbonyl (C=O) groups excluding carboxylic acids is 3. The first-order valence-electron chi connectivity index (χ1n) is 3.61. The zero-order valence-electron chi connectivity index (χ0n) is 6.63. The van der Waals surface area contributed by atoms with Crippen LogP contribution in [-0.2, 0) is 14.4 Å². The molecule has 62 valence electrons. The molecule has 0 N–H and O–H groups in total. The lowest BCUT2D eigenvalue weighted by Crippen LogP contribution is -2.03. The Bertz CT molecular complexity index is 161. The highest BCUT2D eigenvalue weighted by atomic mass is 16.1. The maximum absolute atomic E-state index is 10.8. The fourth-order valence-corrected chi connectivity index (χ4v) is 0.749. The van der Waals surface area contributed by atoms with Crippen LogP contribution in [0.4, 0.5) is 0 Å². The van der Waals surface area contributed by atoms with Gasteiger partial charge in [0.1, 0.15) is 17.9 Å². The lowest BCUT2D eigenvalue weighted by atomic mass is 10.1. The van der Waals surface area contributed by atoms with Gasteiger partial charge in [-0.1, -0.05) is 0 Å². The van der Waals surface area contributed by atoms with E-state index >= 15 is 0 Å². The van der Waals surface area contributed by atoms with Crippen molar-refractivity contribution in [3.05, 3.63) is 0 Å². The van der Waals surface area contributed by atoms with E-state index in [0.717, 1.165) is 6.29 Å². The van der Waals surface area contributed by atoms with Gasteiger partial charge < -0.3 is 4.79 Å². The van der Waals surface area contributed by atoms with E-state index in [9.17, 15) is 14.4 Å². The van der Waals surface area contributed by atoms with Crippen LogP contribution in [0.2, 0.25) is 0 Å². The second kappa shape index (κ2) is 5.77. The minimum absolute atomic E-state index is 0.0128. The summed E-state index contributed by atoms with van der Waals surface area (Å²) in [6.45, 7) is 1.39. The van der Waals surface area contributed by atoms with Crippen LogP contribution in [0, 0.1) is 0 Å². The second-order valence-electron chi connectivity index (χ2n) is 2.48. The van der Waals surface area contributed by atoms with Gasteiger partial charge in [-0.05, 0) is 13.3 Å². The molecular weight excluding hydrogens is 144 g/mol. The normalized spacial score (nSPS) is 9.18. The van der Waals surface area contributed by atoms with E-state index < -0.39 is 0 Å². The minimum atomic E-state index is -0.110. The van der Waals surface area contributed by atoms with E-state index in [-0.39, 0.29) is 18.0 Å². The average Bonchev–Trinajstić information content (AvgIpc) is 1.86. The molecule has 0 rings (SSSR count). The van der Waals surface area contributed by atoms with Crippen LogP contribution in [0.25, 0.3) is 0 Å². The molecule has 0 aliphatic rings. The van der Waals surface area contributed by atoms with E-state index in [1.807, 2.05) is 0 Å². The first kappa shape index (κ1) is 10.0. The number of carbonyl (C=O) groups is 3. The maximum Gasteiger partial charge on any atom is 0.140 e. The SMILES string of the molecule is CC(=O)CC(=O)CCCC=O. The molecule has 0 bridgehead atoms. The van der Waals surface area contributed by atoms with Crippen LogP contribution in [0.3, 0.4) is 0 Å². The number of unbranched alkanes of at least 4 members (excludes halogenated alkanes) is 1. The third kappa shape index (κ3) is 6.90. The van der Waals surface area contributed by atoms with Crippen molar-refractivity contribution in [3.63, 3.8) is 0 Å². The molecule has 0 spiro atoms. The van der Waals surface area contributed by atoms with E-state index in [2.05, 4.69) is 0 Å². The number of aldehydes is 1. The van der Waals surface area contributed by atoms with Gasteiger partial charge in [0.15, 0.2) is 0 Å². The van der Waals surface area contributed by atoms with Gasteiger partial charge in [-0.2, -0.15) is 0 Å². The van der Waals surface area contributed by atoms with Crippen LogP contribution in [0.5, 0.6) is 0 Å². The van der Waals surface area contributed by atoms with Crippen molar-refractivity contribution in [2.24, 2.45) is 0 Å². The van der Waals surface area contributed by atoms with Crippen LogP contribution in [0.15, 0.2) is 0 Å². The third-order valence-electron chi connectivity index (χ3n) is 1.22. The number of hydrogen-bond acceptors (Lipinski definition) is 3. The fourth-order valence-electron chi connectivity index (χ4n) is 0.749. The Labute approximate surface area is 65.8 Å². The molecule has 0 aromatic heterocycles. The van der Waals surface area contributed by atoms with Gasteiger partial charge in [0, 0.05) is 12.8 Å². The highest BCUT2D eigenvalue weighted by Crippen LogP contribution is 1.97. The first-order valence-corrected chi connectivity index (χ1v) is 3.61. The second-order valence-corrected chi connectivity index (χ2v) is 2.48. The highest BCUT2D eigenvalue weighted by molar-refractivity contribution is 5.97. The smallest absolute Gasteiger partial charge is 0.140 e. The number of Topliss-reactive ketones (excluding diaryl/α,β-unsaturated/α-hetero) is 2. The largest absolute Gasteiger partial charge is 0.303 e. The molecule has 11 heavy (non-hydrogen) atoms. The van der Waals surface area contributed by atoms with Crippen molar-refractivity contribution in [2.45, 2.75) is 32.6 Å². The van der Waals surface area contributed by atoms with Crippen molar-refractivity contribution in [1.82, 2.24) is 0 Å². The maximum atomic E-state index is 10.8. The Hall–Kier alpha value is -0.990. The number of hydrogen-bond donors (Lipinski definition) is 0. The van der Waals surface area contributed by atoms with E-state index in [4.69, 9.17) is 0 Å². The summed E-state index contributed by atoms with van der Waals surface area (Å²) in [4.78, 5) is 31.0. The summed E-state index contributed by atoms with van der Waals surface area (Å²) in [6, 6.07) is 0. The molecular formula is C8H12O3. The third-order valence-corrected chi connectivity index (χ3v) is 1.22. The molecule has 0 aliphatic carbocycles. The molecule has 0 unspecified atom stereocenters. The Morgan fingerprint density at radius 2 is 2.00 bits per heavy atom. The molecule has 0 aromatic rings. The predicted octanol–water partition coefficient (Wildman–Crippen LogP) is 0.904. The van der Waals surface area contributed by atoms with Crippen LogP contribution in [-0.4, -0.2) is 17.9 Å². The Kier molecular flexibility index (Phi) is 5.25. The van der Waals surface area contributed by atoms with Gasteiger partial charge in [0.05, 0.1) is 6.42 Å². The molecule has 3 heteroatoms. The highest BCUT2D eigenvalue weighted by Gasteiger charge is 2.03. The molecule has 0 radical (unpaired) electrons. The quantitative estimate of drug-likeness (QED) is 0.326. The van der Waals surface area contributed by atoms with E-state index in [1.54, 1.807) is 0 Å². The minimum Gasteiger partial charge on any atom is -0.303 e. The number of ketones is 2. The van der Waals surface area contributed by atoms with Crippen LogP contribution >= 0.6 is 0 Å². The molecule has 0 fully saturated rings. The Morgan fingerprint density at radius 3 is 2.45 bits per heavy atom. The van der Waals surface area contributed by atoms with Gasteiger partial charge >= 0.3 is 0 Å². The predicted molar refractivity (Wildman–Crippen MR) is 40.2 cm³/mol. The van der Waals surface area contributed by atoms with Crippen LogP contribution in [0.1, 0.15) is 32.6 Å². The van der Waals surface area contributed by atoms with Crippen molar-refractivity contribution < 1.29 is 14.4 Å². The summed E-state index contributed by atoms with van der Waals surface area (Å²) < 4.78 is 0. The zero-order valence-corrected chi connectivity index (χ0v) is 6.63.